The third-order valence-corrected chi connectivity index (χ3v) is 3.05. The second kappa shape index (κ2) is 7.35. The Kier molecular flexibility index (Phi) is 6.05. The van der Waals surface area contributed by atoms with Crippen molar-refractivity contribution in [3.8, 4) is 5.75 Å². The number of alkyl carbamates (subject to hydrolysis) is 1. The summed E-state index contributed by atoms with van der Waals surface area (Å²) in [6.07, 6.45) is -0.817. The largest absolute Gasteiger partial charge is 0.496 e. The van der Waals surface area contributed by atoms with Crippen LogP contribution < -0.4 is 10.1 Å². The van der Waals surface area contributed by atoms with Crippen molar-refractivity contribution in [1.82, 2.24) is 5.32 Å². The Morgan fingerprint density at radius 3 is 2.50 bits per heavy atom. The lowest BCUT2D eigenvalue weighted by molar-refractivity contribution is -0.139. The van der Waals surface area contributed by atoms with E-state index in [1.165, 1.54) is 7.11 Å². The average molecular weight is 330 g/mol. The number of rotatable bonds is 5. The van der Waals surface area contributed by atoms with Gasteiger partial charge in [0.2, 0.25) is 0 Å². The lowest BCUT2D eigenvalue weighted by Gasteiger charge is -2.22. The molecule has 1 amide bonds. The molecule has 2 N–H and O–H groups in total. The number of ether oxygens (including phenoxy) is 2. The zero-order chi connectivity index (χ0) is 16.9. The van der Waals surface area contributed by atoms with Gasteiger partial charge in [-0.1, -0.05) is 17.7 Å². The van der Waals surface area contributed by atoms with Gasteiger partial charge in [-0.15, -0.1) is 0 Å². The molecule has 7 heteroatoms. The second-order valence-corrected chi connectivity index (χ2v) is 6.07. The Balaban J connectivity index is 2.90. The first-order valence-corrected chi connectivity index (χ1v) is 7.05. The number of hydrogen-bond acceptors (Lipinski definition) is 4. The van der Waals surface area contributed by atoms with Crippen LogP contribution in [-0.4, -0.2) is 35.9 Å². The third-order valence-electron chi connectivity index (χ3n) is 2.69. The van der Waals surface area contributed by atoms with Crippen molar-refractivity contribution in [1.29, 1.82) is 0 Å². The minimum Gasteiger partial charge on any atom is -0.496 e. The third kappa shape index (κ3) is 5.44. The predicted octanol–water partition coefficient (Wildman–Crippen LogP) is 2.87. The molecule has 1 aromatic carbocycles. The van der Waals surface area contributed by atoms with Crippen molar-refractivity contribution in [2.24, 2.45) is 0 Å². The van der Waals surface area contributed by atoms with Crippen LogP contribution in [0.1, 0.15) is 26.3 Å². The molecule has 0 aliphatic carbocycles. The number of carboxylic acids is 1. The van der Waals surface area contributed by atoms with E-state index in [0.717, 1.165) is 0 Å². The molecule has 0 aromatic heterocycles. The van der Waals surface area contributed by atoms with Gasteiger partial charge in [-0.25, -0.2) is 9.59 Å². The highest BCUT2D eigenvalue weighted by molar-refractivity contribution is 6.31. The summed E-state index contributed by atoms with van der Waals surface area (Å²) in [4.78, 5) is 23.1. The van der Waals surface area contributed by atoms with Gasteiger partial charge in [0.25, 0.3) is 0 Å². The zero-order valence-corrected chi connectivity index (χ0v) is 13.7. The standard InChI is InChI=1S/C15H20ClNO5/c1-15(2,3)22-14(20)17-11(13(18)19)8-9-10(16)6-5-7-12(9)21-4/h5-7,11H,8H2,1-4H3,(H,17,20)(H,18,19). The van der Waals surface area contributed by atoms with E-state index in [2.05, 4.69) is 5.32 Å². The number of methoxy groups -OCH3 is 1. The summed E-state index contributed by atoms with van der Waals surface area (Å²) in [5, 5.41) is 12.0. The molecule has 0 fully saturated rings. The van der Waals surface area contributed by atoms with E-state index in [1.54, 1.807) is 39.0 Å². The van der Waals surface area contributed by atoms with Crippen LogP contribution in [0.4, 0.5) is 4.79 Å². The first-order valence-electron chi connectivity index (χ1n) is 6.67. The number of amides is 1. The first kappa shape index (κ1) is 18.1. The molecule has 0 saturated heterocycles. The SMILES string of the molecule is COc1cccc(Cl)c1CC(NC(=O)OC(C)(C)C)C(=O)O. The molecule has 1 rings (SSSR count). The number of carbonyl (C=O) groups excluding carboxylic acids is 1. The molecule has 0 aliphatic rings. The van der Waals surface area contributed by atoms with Gasteiger partial charge in [-0.2, -0.15) is 0 Å². The second-order valence-electron chi connectivity index (χ2n) is 5.66. The Morgan fingerprint density at radius 1 is 1.36 bits per heavy atom. The topological polar surface area (TPSA) is 84.9 Å². The number of benzene rings is 1. The minimum atomic E-state index is -1.19. The van der Waals surface area contributed by atoms with Gasteiger partial charge in [-0.05, 0) is 32.9 Å². The van der Waals surface area contributed by atoms with Crippen molar-refractivity contribution in [3.05, 3.63) is 28.8 Å². The molecule has 1 atom stereocenters. The van der Waals surface area contributed by atoms with Crippen molar-refractivity contribution in [2.45, 2.75) is 38.8 Å². The van der Waals surface area contributed by atoms with Gasteiger partial charge in [-0.3, -0.25) is 0 Å². The summed E-state index contributed by atoms with van der Waals surface area (Å²) in [6.45, 7) is 5.08. The van der Waals surface area contributed by atoms with Crippen LogP contribution in [-0.2, 0) is 16.0 Å². The van der Waals surface area contributed by atoms with E-state index in [4.69, 9.17) is 21.1 Å². The van der Waals surface area contributed by atoms with E-state index < -0.39 is 23.7 Å². The van der Waals surface area contributed by atoms with Gasteiger partial charge in [0.15, 0.2) is 0 Å². The molecule has 0 saturated carbocycles. The van der Waals surface area contributed by atoms with Crippen LogP contribution in [0.5, 0.6) is 5.75 Å². The van der Waals surface area contributed by atoms with Crippen LogP contribution in [0.3, 0.4) is 0 Å². The summed E-state index contributed by atoms with van der Waals surface area (Å²) in [5.74, 6) is -0.724. The zero-order valence-electron chi connectivity index (χ0n) is 13.0. The number of hydrogen-bond donors (Lipinski definition) is 2. The normalized spacial score (nSPS) is 12.4. The van der Waals surface area contributed by atoms with E-state index in [9.17, 15) is 14.7 Å². The first-order chi connectivity index (χ1) is 10.1. The molecule has 0 radical (unpaired) electrons. The number of carbonyl (C=O) groups is 2. The average Bonchev–Trinajstić information content (AvgIpc) is 2.37. The Morgan fingerprint density at radius 2 is 2.00 bits per heavy atom. The lowest BCUT2D eigenvalue weighted by atomic mass is 10.0. The van der Waals surface area contributed by atoms with Crippen LogP contribution >= 0.6 is 11.6 Å². The Bertz CT molecular complexity index is 553. The maximum absolute atomic E-state index is 11.7. The van der Waals surface area contributed by atoms with E-state index in [1.807, 2.05) is 0 Å². The summed E-state index contributed by atoms with van der Waals surface area (Å²) in [7, 11) is 1.46. The maximum Gasteiger partial charge on any atom is 0.408 e. The smallest absolute Gasteiger partial charge is 0.408 e. The number of carboxylic acid groups (broad SMARTS) is 1. The highest BCUT2D eigenvalue weighted by atomic mass is 35.5. The molecule has 122 valence electrons. The van der Waals surface area contributed by atoms with Gasteiger partial charge >= 0.3 is 12.1 Å². The number of halogens is 1. The van der Waals surface area contributed by atoms with Crippen LogP contribution in [0, 0.1) is 0 Å². The van der Waals surface area contributed by atoms with Gasteiger partial charge in [0.1, 0.15) is 17.4 Å². The molecule has 22 heavy (non-hydrogen) atoms. The van der Waals surface area contributed by atoms with Crippen molar-refractivity contribution in [3.63, 3.8) is 0 Å². The summed E-state index contributed by atoms with van der Waals surface area (Å²) < 4.78 is 10.2. The molecule has 6 nitrogen and oxygen atoms in total. The molecular formula is C15H20ClNO5. The van der Waals surface area contributed by atoms with Gasteiger partial charge < -0.3 is 19.9 Å². The fraction of sp³-hybridized carbons (Fsp3) is 0.467. The van der Waals surface area contributed by atoms with E-state index in [-0.39, 0.29) is 6.42 Å². The maximum atomic E-state index is 11.7. The molecule has 0 aliphatic heterocycles. The Labute approximate surface area is 134 Å². The van der Waals surface area contributed by atoms with Gasteiger partial charge in [0.05, 0.1) is 7.11 Å². The summed E-state index contributed by atoms with van der Waals surface area (Å²) in [5.41, 5.74) is -0.204. The molecule has 0 heterocycles. The van der Waals surface area contributed by atoms with Crippen LogP contribution in [0.25, 0.3) is 0 Å². The number of aliphatic carboxylic acids is 1. The minimum absolute atomic E-state index is 0.0164. The Hall–Kier alpha value is -1.95. The van der Waals surface area contributed by atoms with Crippen LogP contribution in [0.2, 0.25) is 5.02 Å². The summed E-state index contributed by atoms with van der Waals surface area (Å²) in [6, 6.07) is 3.82. The van der Waals surface area contributed by atoms with E-state index >= 15 is 0 Å². The van der Waals surface area contributed by atoms with Crippen LogP contribution in [0.15, 0.2) is 18.2 Å². The van der Waals surface area contributed by atoms with Gasteiger partial charge in [0, 0.05) is 17.0 Å². The molecule has 0 spiro atoms. The number of nitrogens with one attached hydrogen (secondary N) is 1. The molecule has 1 aromatic rings. The molecule has 0 bridgehead atoms. The fourth-order valence-electron chi connectivity index (χ4n) is 1.78. The monoisotopic (exact) mass is 329 g/mol. The summed E-state index contributed by atoms with van der Waals surface area (Å²) >= 11 is 6.08. The molecular weight excluding hydrogens is 310 g/mol. The fourth-order valence-corrected chi connectivity index (χ4v) is 2.03. The molecule has 1 unspecified atom stereocenters. The highest BCUT2D eigenvalue weighted by Crippen LogP contribution is 2.27. The lowest BCUT2D eigenvalue weighted by Crippen LogP contribution is -2.44. The van der Waals surface area contributed by atoms with Crippen molar-refractivity contribution in [2.75, 3.05) is 7.11 Å². The van der Waals surface area contributed by atoms with Crippen molar-refractivity contribution < 1.29 is 24.2 Å². The predicted molar refractivity (Wildman–Crippen MR) is 82.5 cm³/mol. The van der Waals surface area contributed by atoms with E-state index in [0.29, 0.717) is 16.3 Å². The van der Waals surface area contributed by atoms with Crippen molar-refractivity contribution >= 4 is 23.7 Å². The quantitative estimate of drug-likeness (QED) is 0.867. The highest BCUT2D eigenvalue weighted by Gasteiger charge is 2.26.